The molecule has 98 valence electrons. The van der Waals surface area contributed by atoms with Crippen molar-refractivity contribution in [2.45, 2.75) is 4.90 Å². The quantitative estimate of drug-likeness (QED) is 0.777. The number of nitrogens with one attached hydrogen (secondary N) is 1. The first-order chi connectivity index (χ1) is 9.11. The molecule has 2 nitrogen and oxygen atoms in total. The highest BCUT2D eigenvalue weighted by Gasteiger charge is 2.12. The number of halogens is 2. The summed E-state index contributed by atoms with van der Waals surface area (Å²) in [4.78, 5) is 13.2. The topological polar surface area (TPSA) is 29.1 Å². The molecule has 1 N–H and O–H groups in total. The van der Waals surface area contributed by atoms with E-state index in [-0.39, 0.29) is 5.91 Å². The van der Waals surface area contributed by atoms with Crippen molar-refractivity contribution in [2.75, 3.05) is 11.6 Å². The average Bonchev–Trinajstić information content (AvgIpc) is 2.39. The Morgan fingerprint density at radius 1 is 1.26 bits per heavy atom. The molecule has 5 heteroatoms. The third kappa shape index (κ3) is 3.53. The van der Waals surface area contributed by atoms with Gasteiger partial charge >= 0.3 is 0 Å². The minimum atomic E-state index is -0.162. The van der Waals surface area contributed by atoms with Gasteiger partial charge in [-0.25, -0.2) is 0 Å². The number of anilines is 1. The largest absolute Gasteiger partial charge is 0.321 e. The number of para-hydroxylation sites is 1. The molecular weight excluding hydrogens is 346 g/mol. The van der Waals surface area contributed by atoms with Gasteiger partial charge in [0.15, 0.2) is 0 Å². The molecule has 1 amide bonds. The minimum Gasteiger partial charge on any atom is -0.321 e. The van der Waals surface area contributed by atoms with E-state index < -0.39 is 0 Å². The van der Waals surface area contributed by atoms with Gasteiger partial charge in [-0.1, -0.05) is 23.7 Å². The van der Waals surface area contributed by atoms with Crippen LogP contribution in [0.15, 0.2) is 51.8 Å². The van der Waals surface area contributed by atoms with Crippen molar-refractivity contribution >= 4 is 50.9 Å². The second-order valence-corrected chi connectivity index (χ2v) is 5.92. The normalized spacial score (nSPS) is 10.3. The molecule has 0 bridgehead atoms. The summed E-state index contributed by atoms with van der Waals surface area (Å²) in [5.41, 5.74) is 1.36. The maximum Gasteiger partial charge on any atom is 0.256 e. The highest BCUT2D eigenvalue weighted by atomic mass is 79.9. The summed E-state index contributed by atoms with van der Waals surface area (Å²) >= 11 is 10.8. The van der Waals surface area contributed by atoms with E-state index in [4.69, 9.17) is 11.6 Å². The molecule has 0 heterocycles. The van der Waals surface area contributed by atoms with Crippen molar-refractivity contribution in [3.8, 4) is 0 Å². The van der Waals surface area contributed by atoms with E-state index in [9.17, 15) is 4.79 Å². The first-order valence-electron chi connectivity index (χ1n) is 5.51. The maximum absolute atomic E-state index is 12.2. The third-order valence-electron chi connectivity index (χ3n) is 2.53. The molecule has 0 fully saturated rings. The van der Waals surface area contributed by atoms with Crippen molar-refractivity contribution in [3.63, 3.8) is 0 Å². The predicted molar refractivity (Wildman–Crippen MR) is 85.3 cm³/mol. The van der Waals surface area contributed by atoms with Gasteiger partial charge in [-0.05, 0) is 52.5 Å². The van der Waals surface area contributed by atoms with Gasteiger partial charge in [-0.2, -0.15) is 0 Å². The molecule has 2 rings (SSSR count). The van der Waals surface area contributed by atoms with Gasteiger partial charge in [0.05, 0.1) is 11.3 Å². The lowest BCUT2D eigenvalue weighted by Gasteiger charge is -2.10. The van der Waals surface area contributed by atoms with E-state index in [0.717, 1.165) is 10.6 Å². The molecule has 0 saturated heterocycles. The molecule has 0 aliphatic heterocycles. The van der Waals surface area contributed by atoms with E-state index in [1.54, 1.807) is 30.0 Å². The highest BCUT2D eigenvalue weighted by molar-refractivity contribution is 9.10. The number of carbonyl (C=O) groups is 1. The van der Waals surface area contributed by atoms with Gasteiger partial charge in [-0.3, -0.25) is 4.79 Å². The van der Waals surface area contributed by atoms with Crippen molar-refractivity contribution in [2.24, 2.45) is 0 Å². The minimum absolute atomic E-state index is 0.162. The lowest BCUT2D eigenvalue weighted by atomic mass is 10.2. The van der Waals surface area contributed by atoms with E-state index in [1.165, 1.54) is 0 Å². The molecule has 0 spiro atoms. The number of thioether (sulfide) groups is 1. The van der Waals surface area contributed by atoms with Crippen LogP contribution in [-0.2, 0) is 0 Å². The third-order valence-corrected chi connectivity index (χ3v) is 4.22. The van der Waals surface area contributed by atoms with Crippen LogP contribution >= 0.6 is 39.3 Å². The SMILES string of the molecule is CSc1ccccc1NC(=O)c1ccc(Cl)cc1Br. The van der Waals surface area contributed by atoms with Crippen LogP contribution in [0.25, 0.3) is 0 Å². The molecule has 19 heavy (non-hydrogen) atoms. The van der Waals surface area contributed by atoms with Gasteiger partial charge in [0.2, 0.25) is 0 Å². The Bertz CT molecular complexity index is 618. The highest BCUT2D eigenvalue weighted by Crippen LogP contribution is 2.27. The Hall–Kier alpha value is -0.970. The zero-order valence-electron chi connectivity index (χ0n) is 10.1. The molecular formula is C14H11BrClNOS. The average molecular weight is 357 g/mol. The number of hydrogen-bond donors (Lipinski definition) is 1. The van der Waals surface area contributed by atoms with Gasteiger partial charge in [-0.15, -0.1) is 11.8 Å². The van der Waals surface area contributed by atoms with Crippen molar-refractivity contribution < 1.29 is 4.79 Å². The van der Waals surface area contributed by atoms with E-state index >= 15 is 0 Å². The van der Waals surface area contributed by atoms with Gasteiger partial charge in [0, 0.05) is 14.4 Å². The molecule has 0 unspecified atom stereocenters. The summed E-state index contributed by atoms with van der Waals surface area (Å²) in [6.45, 7) is 0. The van der Waals surface area contributed by atoms with Crippen LogP contribution < -0.4 is 5.32 Å². The van der Waals surface area contributed by atoms with Crippen molar-refractivity contribution in [3.05, 3.63) is 57.5 Å². The van der Waals surface area contributed by atoms with Crippen LogP contribution in [0.2, 0.25) is 5.02 Å². The van der Waals surface area contributed by atoms with Crippen molar-refractivity contribution in [1.29, 1.82) is 0 Å². The standard InChI is InChI=1S/C14H11BrClNOS/c1-19-13-5-3-2-4-12(13)17-14(18)10-7-6-9(16)8-11(10)15/h2-8H,1H3,(H,17,18). The van der Waals surface area contributed by atoms with Crippen LogP contribution in [-0.4, -0.2) is 12.2 Å². The van der Waals surface area contributed by atoms with Crippen LogP contribution in [0.5, 0.6) is 0 Å². The summed E-state index contributed by atoms with van der Waals surface area (Å²) in [6.07, 6.45) is 1.98. The number of carbonyl (C=O) groups excluding carboxylic acids is 1. The summed E-state index contributed by atoms with van der Waals surface area (Å²) in [7, 11) is 0. The summed E-state index contributed by atoms with van der Waals surface area (Å²) in [5.74, 6) is -0.162. The Labute approximate surface area is 129 Å². The molecule has 2 aromatic carbocycles. The zero-order valence-corrected chi connectivity index (χ0v) is 13.3. The zero-order chi connectivity index (χ0) is 13.8. The molecule has 0 saturated carbocycles. The molecule has 2 aromatic rings. The molecule has 0 radical (unpaired) electrons. The van der Waals surface area contributed by atoms with Crippen LogP contribution in [0.3, 0.4) is 0 Å². The van der Waals surface area contributed by atoms with Crippen molar-refractivity contribution in [1.82, 2.24) is 0 Å². The monoisotopic (exact) mass is 355 g/mol. The lowest BCUT2D eigenvalue weighted by Crippen LogP contribution is -2.13. The summed E-state index contributed by atoms with van der Waals surface area (Å²) in [5, 5.41) is 3.50. The summed E-state index contributed by atoms with van der Waals surface area (Å²) in [6, 6.07) is 12.8. The Morgan fingerprint density at radius 2 is 2.00 bits per heavy atom. The number of hydrogen-bond acceptors (Lipinski definition) is 2. The second kappa shape index (κ2) is 6.46. The van der Waals surface area contributed by atoms with E-state index in [0.29, 0.717) is 15.1 Å². The molecule has 0 atom stereocenters. The first-order valence-corrected chi connectivity index (χ1v) is 7.91. The predicted octanol–water partition coefficient (Wildman–Crippen LogP) is 5.08. The molecule has 0 aromatic heterocycles. The number of rotatable bonds is 3. The lowest BCUT2D eigenvalue weighted by molar-refractivity contribution is 0.102. The number of benzene rings is 2. The van der Waals surface area contributed by atoms with Gasteiger partial charge in [0.25, 0.3) is 5.91 Å². The maximum atomic E-state index is 12.2. The van der Waals surface area contributed by atoms with E-state index in [2.05, 4.69) is 21.2 Å². The fourth-order valence-corrected chi connectivity index (χ4v) is 3.03. The fourth-order valence-electron chi connectivity index (χ4n) is 1.61. The number of amides is 1. The van der Waals surface area contributed by atoms with Crippen LogP contribution in [0.1, 0.15) is 10.4 Å². The smallest absolute Gasteiger partial charge is 0.256 e. The second-order valence-electron chi connectivity index (χ2n) is 3.78. The Balaban J connectivity index is 2.26. The molecule has 0 aliphatic carbocycles. The fraction of sp³-hybridized carbons (Fsp3) is 0.0714. The van der Waals surface area contributed by atoms with E-state index in [1.807, 2.05) is 30.5 Å². The Morgan fingerprint density at radius 3 is 2.68 bits per heavy atom. The molecule has 0 aliphatic rings. The van der Waals surface area contributed by atoms with Crippen LogP contribution in [0, 0.1) is 0 Å². The first kappa shape index (κ1) is 14.4. The van der Waals surface area contributed by atoms with Crippen LogP contribution in [0.4, 0.5) is 5.69 Å². The summed E-state index contributed by atoms with van der Waals surface area (Å²) < 4.78 is 0.680. The van der Waals surface area contributed by atoms with Gasteiger partial charge in [0.1, 0.15) is 0 Å². The Kier molecular flexibility index (Phi) is 4.91. The van der Waals surface area contributed by atoms with Gasteiger partial charge < -0.3 is 5.32 Å².